The zero-order valence-corrected chi connectivity index (χ0v) is 21.3. The lowest BCUT2D eigenvalue weighted by Crippen LogP contribution is -2.49. The van der Waals surface area contributed by atoms with Crippen molar-refractivity contribution in [3.63, 3.8) is 0 Å². The fraction of sp³-hybridized carbons (Fsp3) is 0.500. The molecule has 2 amide bonds. The molecule has 2 aromatic carbocycles. The molecule has 0 spiro atoms. The summed E-state index contributed by atoms with van der Waals surface area (Å²) in [4.78, 5) is 33.8. The molecule has 0 aliphatic carbocycles. The predicted molar refractivity (Wildman–Crippen MR) is 137 cm³/mol. The summed E-state index contributed by atoms with van der Waals surface area (Å²) in [6.07, 6.45) is 0.861. The van der Waals surface area contributed by atoms with Crippen molar-refractivity contribution < 1.29 is 18.7 Å². The second-order valence-corrected chi connectivity index (χ2v) is 9.47. The van der Waals surface area contributed by atoms with Crippen LogP contribution in [0.5, 0.6) is 0 Å². The van der Waals surface area contributed by atoms with Crippen molar-refractivity contribution in [1.82, 2.24) is 20.0 Å². The second kappa shape index (κ2) is 12.4. The first kappa shape index (κ1) is 26.3. The minimum absolute atomic E-state index is 0.123. The Morgan fingerprint density at radius 1 is 1.03 bits per heavy atom. The highest BCUT2D eigenvalue weighted by atomic mass is 19.1. The number of rotatable bonds is 10. The summed E-state index contributed by atoms with van der Waals surface area (Å²) in [6.45, 7) is 9.75. The van der Waals surface area contributed by atoms with Crippen molar-refractivity contribution in [3.05, 3.63) is 71.0 Å². The van der Waals surface area contributed by atoms with Crippen LogP contribution in [0.4, 0.5) is 4.39 Å². The summed E-state index contributed by atoms with van der Waals surface area (Å²) < 4.78 is 19.0. The number of carbonyl (C=O) groups is 2. The van der Waals surface area contributed by atoms with Gasteiger partial charge in [-0.1, -0.05) is 37.3 Å². The first-order valence-electron chi connectivity index (χ1n) is 12.9. The second-order valence-electron chi connectivity index (χ2n) is 9.47. The molecule has 1 fully saturated rings. The highest BCUT2D eigenvalue weighted by Gasteiger charge is 2.43. The molecule has 0 bridgehead atoms. The Morgan fingerprint density at radius 3 is 2.42 bits per heavy atom. The number of methoxy groups -OCH3 is 1. The highest BCUT2D eigenvalue weighted by molar-refractivity contribution is 6.01. The molecule has 0 radical (unpaired) electrons. The van der Waals surface area contributed by atoms with Crippen LogP contribution in [-0.4, -0.2) is 92.6 Å². The Bertz CT molecular complexity index is 1020. The van der Waals surface area contributed by atoms with Crippen LogP contribution < -0.4 is 5.32 Å². The maximum atomic E-state index is 13.7. The van der Waals surface area contributed by atoms with Gasteiger partial charge in [-0.25, -0.2) is 4.39 Å². The van der Waals surface area contributed by atoms with E-state index in [4.69, 9.17) is 4.74 Å². The van der Waals surface area contributed by atoms with E-state index in [1.165, 1.54) is 12.1 Å². The summed E-state index contributed by atoms with van der Waals surface area (Å²) in [5.41, 5.74) is 1.96. The van der Waals surface area contributed by atoms with Gasteiger partial charge in [-0.05, 0) is 48.8 Å². The molecular weight excluding hydrogens is 459 g/mol. The Hall–Kier alpha value is -2.81. The molecule has 2 atom stereocenters. The molecule has 0 unspecified atom stereocenters. The number of carbonyl (C=O) groups excluding carboxylic acids is 2. The molecule has 1 saturated heterocycles. The number of likely N-dealkylation sites (N-methyl/N-ethyl adjacent to an activating group) is 1. The van der Waals surface area contributed by atoms with Crippen molar-refractivity contribution in [1.29, 1.82) is 0 Å². The van der Waals surface area contributed by atoms with Crippen LogP contribution in [0.15, 0.2) is 48.5 Å². The van der Waals surface area contributed by atoms with E-state index in [2.05, 4.69) is 22.0 Å². The van der Waals surface area contributed by atoms with E-state index in [0.29, 0.717) is 30.8 Å². The third-order valence-electron chi connectivity index (χ3n) is 7.33. The normalized spacial score (nSPS) is 20.9. The van der Waals surface area contributed by atoms with Gasteiger partial charge in [0.25, 0.3) is 5.91 Å². The third-order valence-corrected chi connectivity index (χ3v) is 7.33. The Kier molecular flexibility index (Phi) is 9.07. The SMILES string of the molecule is CCN1CCN(CCCNC(=O)[C@H]2c3ccccc3C(=O)N(CCOC)[C@H]2c2ccc(F)cc2)CC1. The van der Waals surface area contributed by atoms with Crippen molar-refractivity contribution in [3.8, 4) is 0 Å². The van der Waals surface area contributed by atoms with Gasteiger partial charge in [0.1, 0.15) is 5.82 Å². The number of piperazine rings is 1. The minimum atomic E-state index is -0.602. The predicted octanol–water partition coefficient (Wildman–Crippen LogP) is 2.90. The van der Waals surface area contributed by atoms with Crippen molar-refractivity contribution >= 4 is 11.8 Å². The summed E-state index contributed by atoms with van der Waals surface area (Å²) in [5.74, 6) is -1.23. The molecule has 2 heterocycles. The zero-order valence-electron chi connectivity index (χ0n) is 21.3. The van der Waals surface area contributed by atoms with Crippen molar-refractivity contribution in [2.24, 2.45) is 0 Å². The van der Waals surface area contributed by atoms with E-state index in [-0.39, 0.29) is 17.6 Å². The van der Waals surface area contributed by atoms with Crippen LogP contribution >= 0.6 is 0 Å². The van der Waals surface area contributed by atoms with Gasteiger partial charge in [-0.3, -0.25) is 9.59 Å². The number of benzene rings is 2. The summed E-state index contributed by atoms with van der Waals surface area (Å²) in [5, 5.41) is 3.14. The van der Waals surface area contributed by atoms with E-state index in [9.17, 15) is 14.0 Å². The fourth-order valence-electron chi connectivity index (χ4n) is 5.29. The number of amides is 2. The fourth-order valence-corrected chi connectivity index (χ4v) is 5.29. The Balaban J connectivity index is 1.52. The molecule has 36 heavy (non-hydrogen) atoms. The molecule has 2 aliphatic heterocycles. The molecule has 7 nitrogen and oxygen atoms in total. The highest BCUT2D eigenvalue weighted by Crippen LogP contribution is 2.42. The van der Waals surface area contributed by atoms with Gasteiger partial charge >= 0.3 is 0 Å². The van der Waals surface area contributed by atoms with E-state index < -0.39 is 12.0 Å². The lowest BCUT2D eigenvalue weighted by molar-refractivity contribution is -0.124. The van der Waals surface area contributed by atoms with Crippen LogP contribution in [0.1, 0.15) is 46.8 Å². The van der Waals surface area contributed by atoms with Gasteiger partial charge in [0, 0.05) is 51.9 Å². The first-order valence-corrected chi connectivity index (χ1v) is 12.9. The van der Waals surface area contributed by atoms with Crippen LogP contribution in [0.3, 0.4) is 0 Å². The molecule has 2 aliphatic rings. The average molecular weight is 497 g/mol. The number of nitrogens with zero attached hydrogens (tertiary/aromatic N) is 3. The van der Waals surface area contributed by atoms with Gasteiger partial charge in [-0.15, -0.1) is 0 Å². The molecule has 0 aromatic heterocycles. The number of fused-ring (bicyclic) bond motifs is 1. The van der Waals surface area contributed by atoms with Crippen LogP contribution in [-0.2, 0) is 9.53 Å². The maximum absolute atomic E-state index is 13.7. The lowest BCUT2D eigenvalue weighted by Gasteiger charge is -2.41. The number of hydrogen-bond donors (Lipinski definition) is 1. The average Bonchev–Trinajstić information content (AvgIpc) is 2.91. The zero-order chi connectivity index (χ0) is 25.5. The van der Waals surface area contributed by atoms with E-state index in [1.54, 1.807) is 30.2 Å². The third kappa shape index (κ3) is 5.94. The Morgan fingerprint density at radius 2 is 1.72 bits per heavy atom. The van der Waals surface area contributed by atoms with Crippen molar-refractivity contribution in [2.45, 2.75) is 25.3 Å². The van der Waals surface area contributed by atoms with E-state index in [0.717, 1.165) is 51.3 Å². The van der Waals surface area contributed by atoms with Gasteiger partial charge in [0.05, 0.1) is 18.6 Å². The van der Waals surface area contributed by atoms with Gasteiger partial charge in [0.2, 0.25) is 5.91 Å². The molecule has 4 rings (SSSR count). The van der Waals surface area contributed by atoms with E-state index in [1.807, 2.05) is 18.2 Å². The van der Waals surface area contributed by atoms with Gasteiger partial charge in [0.15, 0.2) is 0 Å². The smallest absolute Gasteiger partial charge is 0.254 e. The molecule has 0 saturated carbocycles. The number of hydrogen-bond acceptors (Lipinski definition) is 5. The molecule has 194 valence electrons. The quantitative estimate of drug-likeness (QED) is 0.513. The number of nitrogens with one attached hydrogen (secondary N) is 1. The Labute approximate surface area is 213 Å². The molecular formula is C28H37FN4O3. The van der Waals surface area contributed by atoms with Gasteiger partial charge in [-0.2, -0.15) is 0 Å². The molecule has 8 heteroatoms. The molecule has 1 N–H and O–H groups in total. The van der Waals surface area contributed by atoms with Crippen LogP contribution in [0.25, 0.3) is 0 Å². The van der Waals surface area contributed by atoms with Crippen LogP contribution in [0.2, 0.25) is 0 Å². The minimum Gasteiger partial charge on any atom is -0.383 e. The van der Waals surface area contributed by atoms with Crippen LogP contribution in [0, 0.1) is 5.82 Å². The van der Waals surface area contributed by atoms with Gasteiger partial charge < -0.3 is 24.8 Å². The summed E-state index contributed by atoms with van der Waals surface area (Å²) in [7, 11) is 1.58. The summed E-state index contributed by atoms with van der Waals surface area (Å²) in [6, 6.07) is 12.8. The monoisotopic (exact) mass is 496 g/mol. The largest absolute Gasteiger partial charge is 0.383 e. The lowest BCUT2D eigenvalue weighted by atomic mass is 9.79. The number of ether oxygens (including phenoxy) is 1. The summed E-state index contributed by atoms with van der Waals surface area (Å²) >= 11 is 0. The first-order chi connectivity index (χ1) is 17.5. The van der Waals surface area contributed by atoms with Crippen molar-refractivity contribution in [2.75, 3.05) is 66.1 Å². The van der Waals surface area contributed by atoms with E-state index >= 15 is 0 Å². The topological polar surface area (TPSA) is 65.1 Å². The molecule has 2 aromatic rings. The number of halogens is 1. The maximum Gasteiger partial charge on any atom is 0.254 e. The standard InChI is InChI=1S/C28H37FN4O3/c1-3-31-15-17-32(18-16-31)14-6-13-30-27(34)25-23-7-4-5-8-24(23)28(35)33(19-20-36-2)26(25)21-9-11-22(29)12-10-21/h4-5,7-12,25-26H,3,6,13-20H2,1-2H3,(H,30,34)/t25-,26-/m0/s1.